The first-order chi connectivity index (χ1) is 14.0. The quantitative estimate of drug-likeness (QED) is 0.388. The second kappa shape index (κ2) is 9.44. The number of nitrogens with zero attached hydrogens (tertiary/aromatic N) is 4. The number of nitrogens with one attached hydrogen (secondary N) is 3. The van der Waals surface area contributed by atoms with E-state index in [1.165, 1.54) is 5.69 Å². The van der Waals surface area contributed by atoms with Gasteiger partial charge in [0, 0.05) is 51.2 Å². The van der Waals surface area contributed by atoms with E-state index >= 15 is 0 Å². The average molecular weight is 407 g/mol. The van der Waals surface area contributed by atoms with Gasteiger partial charge in [0.25, 0.3) is 0 Å². The van der Waals surface area contributed by atoms with Crippen molar-refractivity contribution in [1.29, 1.82) is 0 Å². The van der Waals surface area contributed by atoms with Crippen molar-refractivity contribution in [2.45, 2.75) is 18.6 Å². The molecule has 1 aromatic carbocycles. The molecule has 0 radical (unpaired) electrons. The van der Waals surface area contributed by atoms with E-state index in [1.807, 2.05) is 18.2 Å². The Kier molecular flexibility index (Phi) is 6.73. The highest BCUT2D eigenvalue weighted by atomic mass is 19.4. The molecule has 0 bridgehead atoms. The number of hydrogen-bond donors (Lipinski definition) is 3. The van der Waals surface area contributed by atoms with Crippen molar-refractivity contribution in [1.82, 2.24) is 20.6 Å². The average Bonchev–Trinajstić information content (AvgIpc) is 3.19. The molecular weight excluding hydrogens is 383 g/mol. The monoisotopic (exact) mass is 407 g/mol. The summed E-state index contributed by atoms with van der Waals surface area (Å²) in [6.07, 6.45) is -2.41. The van der Waals surface area contributed by atoms with Crippen LogP contribution in [0.15, 0.2) is 47.6 Å². The van der Waals surface area contributed by atoms with Gasteiger partial charge in [0.2, 0.25) is 5.95 Å². The minimum absolute atomic E-state index is 0.0566. The Hall–Kier alpha value is -3.04. The van der Waals surface area contributed by atoms with Gasteiger partial charge in [-0.2, -0.15) is 13.2 Å². The van der Waals surface area contributed by atoms with Crippen molar-refractivity contribution in [3.8, 4) is 0 Å². The summed E-state index contributed by atoms with van der Waals surface area (Å²) < 4.78 is 38.0. The zero-order chi connectivity index (χ0) is 20.7. The smallest absolute Gasteiger partial charge is 0.369 e. The molecule has 2 heterocycles. The van der Waals surface area contributed by atoms with Gasteiger partial charge in [0.1, 0.15) is 5.69 Å². The molecule has 2 aromatic rings. The minimum Gasteiger partial charge on any atom is -0.369 e. The van der Waals surface area contributed by atoms with E-state index in [-0.39, 0.29) is 12.0 Å². The standard InChI is InChI=1S/C19H24F3N7/c1-23-17(27-14-8-12-29(13-14)15-5-3-2-4-6-15)25-10-11-26-18-24-9-7-16(28-18)19(20,21)22/h2-7,9,14H,8,10-13H2,1H3,(H2,23,25,27)(H,24,26,28). The molecule has 0 amide bonds. The van der Waals surface area contributed by atoms with E-state index < -0.39 is 11.9 Å². The molecule has 3 N–H and O–H groups in total. The Morgan fingerprint density at radius 1 is 1.21 bits per heavy atom. The van der Waals surface area contributed by atoms with E-state index in [0.717, 1.165) is 31.8 Å². The lowest BCUT2D eigenvalue weighted by Gasteiger charge is -2.20. The van der Waals surface area contributed by atoms with E-state index in [0.29, 0.717) is 19.0 Å². The van der Waals surface area contributed by atoms with Crippen LogP contribution in [0.4, 0.5) is 24.8 Å². The van der Waals surface area contributed by atoms with E-state index in [1.54, 1.807) is 7.05 Å². The van der Waals surface area contributed by atoms with Gasteiger partial charge in [-0.3, -0.25) is 4.99 Å². The lowest BCUT2D eigenvalue weighted by molar-refractivity contribution is -0.141. The molecule has 1 aromatic heterocycles. The first-order valence-electron chi connectivity index (χ1n) is 9.37. The predicted octanol–water partition coefficient (Wildman–Crippen LogP) is 2.35. The van der Waals surface area contributed by atoms with Crippen LogP contribution < -0.4 is 20.9 Å². The normalized spacial score (nSPS) is 17.3. The number of para-hydroxylation sites is 1. The summed E-state index contributed by atoms with van der Waals surface area (Å²) in [5.74, 6) is 0.593. The van der Waals surface area contributed by atoms with E-state index in [2.05, 4.69) is 47.9 Å². The summed E-state index contributed by atoms with van der Waals surface area (Å²) in [6.45, 7) is 2.64. The summed E-state index contributed by atoms with van der Waals surface area (Å²) in [6, 6.07) is 11.3. The zero-order valence-corrected chi connectivity index (χ0v) is 16.1. The van der Waals surface area contributed by atoms with Crippen LogP contribution in [0.5, 0.6) is 0 Å². The molecule has 1 saturated heterocycles. The molecule has 1 aliphatic heterocycles. The number of alkyl halides is 3. The third-order valence-electron chi connectivity index (χ3n) is 4.52. The van der Waals surface area contributed by atoms with Crippen molar-refractivity contribution in [3.63, 3.8) is 0 Å². The third kappa shape index (κ3) is 5.97. The van der Waals surface area contributed by atoms with Gasteiger partial charge in [-0.25, -0.2) is 9.97 Å². The van der Waals surface area contributed by atoms with Gasteiger partial charge in [-0.15, -0.1) is 0 Å². The molecular formula is C19H24F3N7. The minimum atomic E-state index is -4.49. The number of benzene rings is 1. The van der Waals surface area contributed by atoms with Gasteiger partial charge in [-0.05, 0) is 24.6 Å². The molecule has 0 spiro atoms. The highest BCUT2D eigenvalue weighted by Crippen LogP contribution is 2.27. The summed E-state index contributed by atoms with van der Waals surface area (Å²) in [7, 11) is 1.68. The SMILES string of the molecule is CN=C(NCCNc1nccc(C(F)(F)F)n1)NC1CCN(c2ccccc2)C1. The van der Waals surface area contributed by atoms with Crippen LogP contribution >= 0.6 is 0 Å². The molecule has 0 aliphatic carbocycles. The molecule has 10 heteroatoms. The molecule has 1 fully saturated rings. The van der Waals surface area contributed by atoms with Crippen LogP contribution in [-0.4, -0.2) is 55.2 Å². The number of aromatic nitrogens is 2. The number of hydrogen-bond acceptors (Lipinski definition) is 5. The summed E-state index contributed by atoms with van der Waals surface area (Å²) in [5, 5.41) is 9.31. The molecule has 29 heavy (non-hydrogen) atoms. The summed E-state index contributed by atoms with van der Waals surface area (Å²) in [4.78, 5) is 13.8. The first kappa shape index (κ1) is 20.7. The Labute approximate surface area is 167 Å². The number of aliphatic imine (C=N–C) groups is 1. The zero-order valence-electron chi connectivity index (χ0n) is 16.1. The fraction of sp³-hybridized carbons (Fsp3) is 0.421. The largest absolute Gasteiger partial charge is 0.433 e. The third-order valence-corrected chi connectivity index (χ3v) is 4.52. The van der Waals surface area contributed by atoms with Crippen LogP contribution in [0.1, 0.15) is 12.1 Å². The van der Waals surface area contributed by atoms with Gasteiger partial charge >= 0.3 is 6.18 Å². The summed E-state index contributed by atoms with van der Waals surface area (Å²) >= 11 is 0. The first-order valence-corrected chi connectivity index (χ1v) is 9.37. The molecule has 1 unspecified atom stereocenters. The molecule has 3 rings (SSSR count). The van der Waals surface area contributed by atoms with Crippen molar-refractivity contribution >= 4 is 17.6 Å². The van der Waals surface area contributed by atoms with E-state index in [4.69, 9.17) is 0 Å². The highest BCUT2D eigenvalue weighted by Gasteiger charge is 2.32. The molecule has 0 saturated carbocycles. The fourth-order valence-corrected chi connectivity index (χ4v) is 3.10. The molecule has 1 aliphatic rings. The Balaban J connectivity index is 1.41. The van der Waals surface area contributed by atoms with Crippen LogP contribution in [0, 0.1) is 0 Å². The van der Waals surface area contributed by atoms with Crippen molar-refractivity contribution in [2.75, 3.05) is 43.4 Å². The number of guanidine groups is 1. The number of halogens is 3. The predicted molar refractivity (Wildman–Crippen MR) is 107 cm³/mol. The second-order valence-electron chi connectivity index (χ2n) is 6.60. The van der Waals surface area contributed by atoms with Gasteiger partial charge in [-0.1, -0.05) is 18.2 Å². The van der Waals surface area contributed by atoms with Gasteiger partial charge in [0.05, 0.1) is 0 Å². The molecule has 1 atom stereocenters. The maximum absolute atomic E-state index is 12.7. The van der Waals surface area contributed by atoms with Crippen molar-refractivity contribution < 1.29 is 13.2 Å². The van der Waals surface area contributed by atoms with Crippen LogP contribution in [0.2, 0.25) is 0 Å². The maximum Gasteiger partial charge on any atom is 0.433 e. The second-order valence-corrected chi connectivity index (χ2v) is 6.60. The topological polar surface area (TPSA) is 77.5 Å². The molecule has 7 nitrogen and oxygen atoms in total. The van der Waals surface area contributed by atoms with Gasteiger partial charge < -0.3 is 20.9 Å². The highest BCUT2D eigenvalue weighted by molar-refractivity contribution is 5.80. The lowest BCUT2D eigenvalue weighted by atomic mass is 10.3. The Morgan fingerprint density at radius 3 is 2.72 bits per heavy atom. The fourth-order valence-electron chi connectivity index (χ4n) is 3.10. The Bertz CT molecular complexity index is 811. The van der Waals surface area contributed by atoms with E-state index in [9.17, 15) is 13.2 Å². The van der Waals surface area contributed by atoms with Crippen molar-refractivity contribution in [2.24, 2.45) is 4.99 Å². The molecule has 156 valence electrons. The Morgan fingerprint density at radius 2 is 2.00 bits per heavy atom. The number of rotatable bonds is 6. The summed E-state index contributed by atoms with van der Waals surface area (Å²) in [5.41, 5.74) is 0.231. The van der Waals surface area contributed by atoms with Crippen LogP contribution in [-0.2, 0) is 6.18 Å². The van der Waals surface area contributed by atoms with Crippen molar-refractivity contribution in [3.05, 3.63) is 48.3 Å². The lowest BCUT2D eigenvalue weighted by Crippen LogP contribution is -2.45. The number of anilines is 2. The maximum atomic E-state index is 12.7. The van der Waals surface area contributed by atoms with Crippen LogP contribution in [0.3, 0.4) is 0 Å². The van der Waals surface area contributed by atoms with Crippen LogP contribution in [0.25, 0.3) is 0 Å². The van der Waals surface area contributed by atoms with Gasteiger partial charge in [0.15, 0.2) is 5.96 Å².